The molecule has 1 saturated heterocycles. The third kappa shape index (κ3) is 4.80. The first kappa shape index (κ1) is 20.5. The number of amides is 1. The molecule has 0 atom stereocenters. The molecule has 2 aromatic carbocycles. The van der Waals surface area contributed by atoms with E-state index in [2.05, 4.69) is 4.90 Å². The molecule has 0 saturated carbocycles. The zero-order chi connectivity index (χ0) is 20.8. The lowest BCUT2D eigenvalue weighted by molar-refractivity contribution is -0.130. The topological polar surface area (TPSA) is 68.3 Å². The SMILES string of the molecule is COC(=O)c1ccc(N2CCN(C(=O)Cc3ccc(OC)c(OC)c3)CC2)cc1. The molecule has 7 nitrogen and oxygen atoms in total. The molecule has 0 aromatic heterocycles. The van der Waals surface area contributed by atoms with Crippen molar-refractivity contribution in [3.63, 3.8) is 0 Å². The Kier molecular flexibility index (Phi) is 6.59. The molecule has 0 spiro atoms. The molecule has 1 amide bonds. The predicted octanol–water partition coefficient (Wildman–Crippen LogP) is 2.38. The van der Waals surface area contributed by atoms with E-state index < -0.39 is 0 Å². The number of esters is 1. The summed E-state index contributed by atoms with van der Waals surface area (Å²) in [4.78, 5) is 28.3. The van der Waals surface area contributed by atoms with Gasteiger partial charge in [0.25, 0.3) is 0 Å². The summed E-state index contributed by atoms with van der Waals surface area (Å²) in [6.45, 7) is 2.81. The molecule has 154 valence electrons. The van der Waals surface area contributed by atoms with E-state index in [1.165, 1.54) is 7.11 Å². The first-order chi connectivity index (χ1) is 14.0. The molecule has 3 rings (SSSR count). The summed E-state index contributed by atoms with van der Waals surface area (Å²) < 4.78 is 15.3. The molecular formula is C22H26N2O5. The number of nitrogens with zero attached hydrogens (tertiary/aromatic N) is 2. The van der Waals surface area contributed by atoms with Crippen LogP contribution in [-0.4, -0.2) is 64.3 Å². The molecule has 1 fully saturated rings. The number of methoxy groups -OCH3 is 3. The van der Waals surface area contributed by atoms with Gasteiger partial charge in [0.2, 0.25) is 5.91 Å². The number of hydrogen-bond acceptors (Lipinski definition) is 6. The number of carbonyl (C=O) groups is 2. The Hall–Kier alpha value is -3.22. The van der Waals surface area contributed by atoms with Crippen LogP contribution in [0.25, 0.3) is 0 Å². The predicted molar refractivity (Wildman–Crippen MR) is 110 cm³/mol. The standard InChI is InChI=1S/C22H26N2O5/c1-27-19-9-4-16(14-20(19)28-2)15-21(25)24-12-10-23(11-13-24)18-7-5-17(6-8-18)22(26)29-3/h4-9,14H,10-13,15H2,1-3H3. The fourth-order valence-electron chi connectivity index (χ4n) is 3.42. The van der Waals surface area contributed by atoms with Crippen LogP contribution in [0.1, 0.15) is 15.9 Å². The van der Waals surface area contributed by atoms with Crippen LogP contribution in [0.4, 0.5) is 5.69 Å². The lowest BCUT2D eigenvalue weighted by Gasteiger charge is -2.36. The molecule has 1 aliphatic rings. The molecule has 1 heterocycles. The molecule has 0 N–H and O–H groups in total. The van der Waals surface area contributed by atoms with Crippen molar-refractivity contribution in [2.75, 3.05) is 52.4 Å². The van der Waals surface area contributed by atoms with Gasteiger partial charge in [-0.05, 0) is 42.0 Å². The smallest absolute Gasteiger partial charge is 0.337 e. The van der Waals surface area contributed by atoms with Crippen molar-refractivity contribution in [2.24, 2.45) is 0 Å². The minimum absolute atomic E-state index is 0.0953. The van der Waals surface area contributed by atoms with Crippen molar-refractivity contribution in [3.8, 4) is 11.5 Å². The van der Waals surface area contributed by atoms with Gasteiger partial charge in [-0.1, -0.05) is 6.07 Å². The average Bonchev–Trinajstić information content (AvgIpc) is 2.78. The number of ether oxygens (including phenoxy) is 3. The Balaban J connectivity index is 1.56. The van der Waals surface area contributed by atoms with Crippen LogP contribution in [0.15, 0.2) is 42.5 Å². The number of benzene rings is 2. The zero-order valence-corrected chi connectivity index (χ0v) is 17.0. The van der Waals surface area contributed by atoms with Crippen LogP contribution in [0.3, 0.4) is 0 Å². The molecular weight excluding hydrogens is 372 g/mol. The second kappa shape index (κ2) is 9.32. The molecule has 29 heavy (non-hydrogen) atoms. The highest BCUT2D eigenvalue weighted by molar-refractivity contribution is 5.89. The first-order valence-electron chi connectivity index (χ1n) is 9.47. The Labute approximate surface area is 170 Å². The molecule has 7 heteroatoms. The van der Waals surface area contributed by atoms with Gasteiger partial charge < -0.3 is 24.0 Å². The lowest BCUT2D eigenvalue weighted by atomic mass is 10.1. The maximum absolute atomic E-state index is 12.7. The van der Waals surface area contributed by atoms with E-state index in [-0.39, 0.29) is 11.9 Å². The maximum Gasteiger partial charge on any atom is 0.337 e. The average molecular weight is 398 g/mol. The van der Waals surface area contributed by atoms with Gasteiger partial charge in [0.15, 0.2) is 11.5 Å². The number of hydrogen-bond donors (Lipinski definition) is 0. The minimum atomic E-state index is -0.345. The van der Waals surface area contributed by atoms with Gasteiger partial charge in [-0.3, -0.25) is 4.79 Å². The van der Waals surface area contributed by atoms with Gasteiger partial charge >= 0.3 is 5.97 Å². The number of piperazine rings is 1. The number of rotatable bonds is 6. The van der Waals surface area contributed by atoms with Crippen LogP contribution in [-0.2, 0) is 16.0 Å². The van der Waals surface area contributed by atoms with Crippen molar-refractivity contribution < 1.29 is 23.8 Å². The monoisotopic (exact) mass is 398 g/mol. The summed E-state index contributed by atoms with van der Waals surface area (Å²) in [5.74, 6) is 1.02. The van der Waals surface area contributed by atoms with Gasteiger partial charge in [0.1, 0.15) is 0 Å². The fraction of sp³-hybridized carbons (Fsp3) is 0.364. The van der Waals surface area contributed by atoms with E-state index in [1.807, 2.05) is 35.2 Å². The van der Waals surface area contributed by atoms with Crippen molar-refractivity contribution in [2.45, 2.75) is 6.42 Å². The van der Waals surface area contributed by atoms with Crippen LogP contribution in [0.2, 0.25) is 0 Å². The van der Waals surface area contributed by atoms with E-state index >= 15 is 0 Å². The highest BCUT2D eigenvalue weighted by Gasteiger charge is 2.22. The van der Waals surface area contributed by atoms with Crippen molar-refractivity contribution in [1.82, 2.24) is 4.90 Å². The highest BCUT2D eigenvalue weighted by atomic mass is 16.5. The van der Waals surface area contributed by atoms with Crippen LogP contribution < -0.4 is 14.4 Å². The second-order valence-corrected chi connectivity index (χ2v) is 6.77. The Morgan fingerprint density at radius 1 is 0.862 bits per heavy atom. The quantitative estimate of drug-likeness (QED) is 0.696. The van der Waals surface area contributed by atoms with Crippen LogP contribution >= 0.6 is 0 Å². The van der Waals surface area contributed by atoms with Crippen molar-refractivity contribution >= 4 is 17.6 Å². The third-order valence-electron chi connectivity index (χ3n) is 5.09. The Bertz CT molecular complexity index is 858. The van der Waals surface area contributed by atoms with Gasteiger partial charge in [-0.25, -0.2) is 4.79 Å². The highest BCUT2D eigenvalue weighted by Crippen LogP contribution is 2.28. The number of carbonyl (C=O) groups excluding carboxylic acids is 2. The van der Waals surface area contributed by atoms with E-state index in [9.17, 15) is 9.59 Å². The summed E-state index contributed by atoms with van der Waals surface area (Å²) >= 11 is 0. The van der Waals surface area contributed by atoms with E-state index in [0.29, 0.717) is 36.6 Å². The molecule has 0 aliphatic carbocycles. The second-order valence-electron chi connectivity index (χ2n) is 6.77. The molecule has 0 bridgehead atoms. The van der Waals surface area contributed by atoms with Gasteiger partial charge in [0.05, 0.1) is 33.3 Å². The lowest BCUT2D eigenvalue weighted by Crippen LogP contribution is -2.49. The summed E-state index contributed by atoms with van der Waals surface area (Å²) in [6, 6.07) is 12.9. The zero-order valence-electron chi connectivity index (χ0n) is 17.0. The summed E-state index contributed by atoms with van der Waals surface area (Å²) in [6.07, 6.45) is 0.328. The van der Waals surface area contributed by atoms with Crippen molar-refractivity contribution in [3.05, 3.63) is 53.6 Å². The first-order valence-corrected chi connectivity index (χ1v) is 9.47. The molecule has 0 radical (unpaired) electrons. The maximum atomic E-state index is 12.7. The van der Waals surface area contributed by atoms with E-state index in [0.717, 1.165) is 24.3 Å². The fourth-order valence-corrected chi connectivity index (χ4v) is 3.42. The Morgan fingerprint density at radius 2 is 1.52 bits per heavy atom. The molecule has 0 unspecified atom stereocenters. The van der Waals surface area contributed by atoms with Gasteiger partial charge in [-0.2, -0.15) is 0 Å². The summed E-state index contributed by atoms with van der Waals surface area (Å²) in [7, 11) is 4.54. The van der Waals surface area contributed by atoms with E-state index in [4.69, 9.17) is 14.2 Å². The van der Waals surface area contributed by atoms with Crippen molar-refractivity contribution in [1.29, 1.82) is 0 Å². The van der Waals surface area contributed by atoms with E-state index in [1.54, 1.807) is 26.4 Å². The normalized spacial score (nSPS) is 13.8. The van der Waals surface area contributed by atoms with Gasteiger partial charge in [-0.15, -0.1) is 0 Å². The molecule has 1 aliphatic heterocycles. The van der Waals surface area contributed by atoms with Crippen LogP contribution in [0.5, 0.6) is 11.5 Å². The molecule has 2 aromatic rings. The minimum Gasteiger partial charge on any atom is -0.493 e. The summed E-state index contributed by atoms with van der Waals surface area (Å²) in [5.41, 5.74) is 2.46. The number of anilines is 1. The third-order valence-corrected chi connectivity index (χ3v) is 5.09. The van der Waals surface area contributed by atoms with Gasteiger partial charge in [0, 0.05) is 31.9 Å². The Morgan fingerprint density at radius 3 is 2.10 bits per heavy atom. The van der Waals surface area contributed by atoms with Crippen LogP contribution in [0, 0.1) is 0 Å². The largest absolute Gasteiger partial charge is 0.493 e. The summed E-state index contributed by atoms with van der Waals surface area (Å²) in [5, 5.41) is 0.